The molecule has 0 aromatic carbocycles. The van der Waals surface area contributed by atoms with Gasteiger partial charge in [0.1, 0.15) is 12.6 Å². The molecule has 3 heterocycles. The van der Waals surface area contributed by atoms with Crippen LogP contribution in [0, 0.1) is 17.2 Å². The lowest BCUT2D eigenvalue weighted by Crippen LogP contribution is -2.54. The zero-order chi connectivity index (χ0) is 23.8. The van der Waals surface area contributed by atoms with Gasteiger partial charge in [-0.1, -0.05) is 11.3 Å². The number of nitrogens with one attached hydrogen (secondary N) is 3. The van der Waals surface area contributed by atoms with E-state index in [1.165, 1.54) is 6.92 Å². The van der Waals surface area contributed by atoms with Gasteiger partial charge in [0.2, 0.25) is 16.9 Å². The quantitative estimate of drug-likeness (QED) is 0.393. The maximum Gasteiger partial charge on any atom is 0.293 e. The highest BCUT2D eigenvalue weighted by Crippen LogP contribution is 2.38. The Balaban J connectivity index is 1.26. The molecular formula is C18H23N7O6S2. The van der Waals surface area contributed by atoms with Crippen molar-refractivity contribution in [1.82, 2.24) is 25.1 Å². The van der Waals surface area contributed by atoms with Crippen molar-refractivity contribution < 1.29 is 27.5 Å². The number of likely N-dealkylation sites (tertiary alicyclic amines) is 1. The normalized spacial score (nSPS) is 28.5. The monoisotopic (exact) mass is 497 g/mol. The molecule has 3 aliphatic rings. The number of ether oxygens (including phenoxy) is 1. The van der Waals surface area contributed by atoms with E-state index in [9.17, 15) is 28.1 Å². The lowest BCUT2D eigenvalue weighted by atomic mass is 9.97. The Labute approximate surface area is 193 Å². The molecule has 33 heavy (non-hydrogen) atoms. The third kappa shape index (κ3) is 4.98. The van der Waals surface area contributed by atoms with Crippen LogP contribution in [0.4, 0.5) is 5.13 Å². The van der Waals surface area contributed by atoms with Gasteiger partial charge < -0.3 is 20.3 Å². The lowest BCUT2D eigenvalue weighted by Gasteiger charge is -2.32. The van der Waals surface area contributed by atoms with E-state index < -0.39 is 32.8 Å². The number of fused-ring (bicyclic) bond motifs is 2. The molecule has 1 aromatic heterocycles. The van der Waals surface area contributed by atoms with Crippen molar-refractivity contribution in [2.45, 2.75) is 61.2 Å². The third-order valence-corrected chi connectivity index (χ3v) is 8.53. The molecule has 2 aliphatic heterocycles. The van der Waals surface area contributed by atoms with Crippen molar-refractivity contribution in [2.24, 2.45) is 5.92 Å². The summed E-state index contributed by atoms with van der Waals surface area (Å²) in [5.74, 6) is -1.32. The van der Waals surface area contributed by atoms with Gasteiger partial charge in [-0.25, -0.2) is 4.72 Å². The van der Waals surface area contributed by atoms with Gasteiger partial charge in [-0.2, -0.15) is 13.7 Å². The van der Waals surface area contributed by atoms with Crippen LogP contribution in [0.2, 0.25) is 0 Å². The highest BCUT2D eigenvalue weighted by molar-refractivity contribution is 7.92. The first-order valence-corrected chi connectivity index (χ1v) is 12.7. The van der Waals surface area contributed by atoms with Crippen molar-refractivity contribution in [1.29, 1.82) is 5.26 Å². The molecule has 3 N–H and O–H groups in total. The standard InChI is InChI=1S/C18H23N7O6S2/c1-9(26)20-17-22-23-18(32-17)33(29,30)24-14(27)8-31-13-6-10-5-12(13)21-15(10)16(28)25-4-2-3-11(25)7-19/h10-13,15,21H,2-6,8H2,1H3,(H,24,27)(H,20,22,26)/t10-,11+,12+,13-,15+/m1/s1. The molecule has 2 bridgehead atoms. The number of carbonyl (C=O) groups excluding carboxylic acids is 3. The first-order valence-electron chi connectivity index (χ1n) is 10.4. The van der Waals surface area contributed by atoms with Gasteiger partial charge in [0.15, 0.2) is 0 Å². The van der Waals surface area contributed by atoms with Crippen LogP contribution in [-0.4, -0.2) is 78.6 Å². The number of nitrogens with zero attached hydrogens (tertiary/aromatic N) is 4. The van der Waals surface area contributed by atoms with E-state index in [1.807, 2.05) is 4.72 Å². The molecule has 1 aliphatic carbocycles. The maximum absolute atomic E-state index is 12.8. The van der Waals surface area contributed by atoms with Gasteiger partial charge in [0, 0.05) is 19.5 Å². The summed E-state index contributed by atoms with van der Waals surface area (Å²) in [7, 11) is -4.25. The average Bonchev–Trinajstić information content (AvgIpc) is 3.54. The molecule has 1 saturated carbocycles. The van der Waals surface area contributed by atoms with Crippen molar-refractivity contribution in [3.05, 3.63) is 0 Å². The van der Waals surface area contributed by atoms with Crippen LogP contribution in [-0.2, 0) is 29.1 Å². The minimum atomic E-state index is -4.25. The number of carbonyl (C=O) groups is 3. The topological polar surface area (TPSA) is 183 Å². The molecule has 0 radical (unpaired) electrons. The fraction of sp³-hybridized carbons (Fsp3) is 0.667. The number of amides is 3. The summed E-state index contributed by atoms with van der Waals surface area (Å²) in [6.07, 6.45) is 2.46. The van der Waals surface area contributed by atoms with Gasteiger partial charge in [0.05, 0.1) is 18.2 Å². The Kier molecular flexibility index (Phi) is 6.61. The SMILES string of the molecule is CC(=O)Nc1nnc(S(=O)(=O)NC(=O)CO[C@@H]2C[C@H]3C[C@@H]2N[C@@H]3C(=O)N2CCC[C@H]2C#N)s1. The number of rotatable bonds is 7. The van der Waals surface area contributed by atoms with Gasteiger partial charge >= 0.3 is 0 Å². The number of nitriles is 1. The van der Waals surface area contributed by atoms with Gasteiger partial charge in [0.25, 0.3) is 20.3 Å². The summed E-state index contributed by atoms with van der Waals surface area (Å²) in [5.41, 5.74) is 0. The van der Waals surface area contributed by atoms with Gasteiger partial charge in [-0.15, -0.1) is 10.2 Å². The Hall–Kier alpha value is -2.67. The number of anilines is 1. The van der Waals surface area contributed by atoms with Crippen LogP contribution < -0.4 is 15.4 Å². The molecule has 0 spiro atoms. The fourth-order valence-corrected chi connectivity index (χ4v) is 6.50. The van der Waals surface area contributed by atoms with E-state index in [4.69, 9.17) is 4.74 Å². The minimum Gasteiger partial charge on any atom is -0.367 e. The number of sulfonamides is 1. The summed E-state index contributed by atoms with van der Waals surface area (Å²) in [6.45, 7) is 1.35. The molecule has 13 nitrogen and oxygen atoms in total. The van der Waals surface area contributed by atoms with E-state index in [1.54, 1.807) is 4.90 Å². The molecule has 178 valence electrons. The van der Waals surface area contributed by atoms with Crippen molar-refractivity contribution in [3.8, 4) is 6.07 Å². The van der Waals surface area contributed by atoms with Crippen molar-refractivity contribution >= 4 is 44.2 Å². The summed E-state index contributed by atoms with van der Waals surface area (Å²) in [6, 6.07) is 1.31. The third-order valence-electron chi connectivity index (χ3n) is 5.95. The number of aromatic nitrogens is 2. The summed E-state index contributed by atoms with van der Waals surface area (Å²) >= 11 is 0.615. The van der Waals surface area contributed by atoms with Crippen LogP contribution in [0.3, 0.4) is 0 Å². The van der Waals surface area contributed by atoms with E-state index in [0.717, 1.165) is 6.42 Å². The summed E-state index contributed by atoms with van der Waals surface area (Å²) < 4.78 is 31.6. The molecule has 5 atom stereocenters. The zero-order valence-electron chi connectivity index (χ0n) is 17.7. The highest BCUT2D eigenvalue weighted by Gasteiger charge is 2.50. The smallest absolute Gasteiger partial charge is 0.293 e. The molecule has 4 rings (SSSR count). The van der Waals surface area contributed by atoms with Crippen LogP contribution in [0.15, 0.2) is 4.34 Å². The average molecular weight is 498 g/mol. The van der Waals surface area contributed by atoms with Gasteiger partial charge in [-0.05, 0) is 31.6 Å². The fourth-order valence-electron chi connectivity index (χ4n) is 4.58. The molecule has 1 aromatic rings. The highest BCUT2D eigenvalue weighted by atomic mass is 32.2. The molecule has 0 unspecified atom stereocenters. The number of hydrogen-bond acceptors (Lipinski definition) is 11. The van der Waals surface area contributed by atoms with E-state index in [-0.39, 0.29) is 41.2 Å². The molecule has 2 saturated heterocycles. The summed E-state index contributed by atoms with van der Waals surface area (Å²) in [4.78, 5) is 37.7. The Morgan fingerprint density at radius 3 is 2.79 bits per heavy atom. The lowest BCUT2D eigenvalue weighted by molar-refractivity contribution is -0.136. The Morgan fingerprint density at radius 1 is 1.33 bits per heavy atom. The predicted molar refractivity (Wildman–Crippen MR) is 113 cm³/mol. The zero-order valence-corrected chi connectivity index (χ0v) is 19.3. The summed E-state index contributed by atoms with van der Waals surface area (Å²) in [5, 5.41) is 21.8. The molecular weight excluding hydrogens is 474 g/mol. The van der Waals surface area contributed by atoms with E-state index in [0.29, 0.717) is 37.1 Å². The Bertz CT molecular complexity index is 1100. The van der Waals surface area contributed by atoms with Crippen LogP contribution >= 0.6 is 11.3 Å². The predicted octanol–water partition coefficient (Wildman–Crippen LogP) is -1.05. The van der Waals surface area contributed by atoms with E-state index >= 15 is 0 Å². The second kappa shape index (κ2) is 9.29. The second-order valence-electron chi connectivity index (χ2n) is 8.23. The van der Waals surface area contributed by atoms with E-state index in [2.05, 4.69) is 26.9 Å². The van der Waals surface area contributed by atoms with Crippen LogP contribution in [0.5, 0.6) is 0 Å². The molecule has 3 fully saturated rings. The van der Waals surface area contributed by atoms with Crippen LogP contribution in [0.25, 0.3) is 0 Å². The Morgan fingerprint density at radius 2 is 2.12 bits per heavy atom. The minimum absolute atomic E-state index is 0.00116. The first kappa shape index (κ1) is 23.5. The molecule has 3 amide bonds. The largest absolute Gasteiger partial charge is 0.367 e. The molecule has 15 heteroatoms. The van der Waals surface area contributed by atoms with Crippen molar-refractivity contribution in [2.75, 3.05) is 18.5 Å². The second-order valence-corrected chi connectivity index (χ2v) is 11.1. The van der Waals surface area contributed by atoms with Crippen molar-refractivity contribution in [3.63, 3.8) is 0 Å². The van der Waals surface area contributed by atoms with Crippen LogP contribution in [0.1, 0.15) is 32.6 Å². The van der Waals surface area contributed by atoms with Gasteiger partial charge in [-0.3, -0.25) is 14.4 Å². The first-order chi connectivity index (χ1) is 15.7. The maximum atomic E-state index is 12.8. The number of piperidine rings is 1. The number of hydrogen-bond donors (Lipinski definition) is 3.